The van der Waals surface area contributed by atoms with E-state index in [-0.39, 0.29) is 22.8 Å². The van der Waals surface area contributed by atoms with E-state index in [2.05, 4.69) is 4.72 Å². The van der Waals surface area contributed by atoms with E-state index in [1.807, 2.05) is 6.07 Å². The van der Waals surface area contributed by atoms with E-state index in [1.54, 1.807) is 30.3 Å². The first-order valence-corrected chi connectivity index (χ1v) is 11.5. The van der Waals surface area contributed by atoms with E-state index in [0.29, 0.717) is 5.75 Å². The van der Waals surface area contributed by atoms with E-state index >= 15 is 0 Å². The van der Waals surface area contributed by atoms with Gasteiger partial charge >= 0.3 is 5.97 Å². The summed E-state index contributed by atoms with van der Waals surface area (Å²) in [5, 5.41) is 10.1. The Morgan fingerprint density at radius 2 is 1.65 bits per heavy atom. The molecule has 0 fully saturated rings. The van der Waals surface area contributed by atoms with Crippen LogP contribution in [0.1, 0.15) is 26.3 Å². The summed E-state index contributed by atoms with van der Waals surface area (Å²) in [7, 11) is -1.16. The lowest BCUT2D eigenvalue weighted by atomic mass is 10.1. The number of phenolic OH excluding ortho intramolecular Hbond substituents is 1. The number of methoxy groups -OCH3 is 2. The summed E-state index contributed by atoms with van der Waals surface area (Å²) in [6.45, 7) is -0.619. The molecule has 0 aromatic heterocycles. The van der Waals surface area contributed by atoms with Crippen LogP contribution in [-0.2, 0) is 21.3 Å². The molecule has 3 rings (SSSR count). The molecule has 0 heterocycles. The summed E-state index contributed by atoms with van der Waals surface area (Å²) in [6, 6.07) is 16.7. The molecular formula is C24H23NO8S. The van der Waals surface area contributed by atoms with E-state index in [1.165, 1.54) is 26.4 Å². The van der Waals surface area contributed by atoms with Crippen molar-refractivity contribution >= 4 is 21.8 Å². The van der Waals surface area contributed by atoms with Crippen LogP contribution >= 0.6 is 0 Å². The SMILES string of the molecule is COc1ccc(OC)c(C(=O)COC(=O)c2cc(S(=O)(=O)NCc3ccccc3)ccc2O)c1. The number of rotatable bonds is 10. The number of nitrogens with one attached hydrogen (secondary N) is 1. The van der Waals surface area contributed by atoms with E-state index < -0.39 is 39.7 Å². The predicted molar refractivity (Wildman–Crippen MR) is 123 cm³/mol. The number of hydrogen-bond donors (Lipinski definition) is 2. The van der Waals surface area contributed by atoms with Gasteiger partial charge in [0.2, 0.25) is 15.8 Å². The minimum absolute atomic E-state index is 0.0424. The van der Waals surface area contributed by atoms with Crippen LogP contribution in [0.4, 0.5) is 0 Å². The van der Waals surface area contributed by atoms with Crippen molar-refractivity contribution < 1.29 is 37.3 Å². The van der Waals surface area contributed by atoms with Gasteiger partial charge in [-0.2, -0.15) is 0 Å². The number of ketones is 1. The second kappa shape index (κ2) is 10.8. The molecule has 0 unspecified atom stereocenters. The summed E-state index contributed by atoms with van der Waals surface area (Å²) >= 11 is 0. The van der Waals surface area contributed by atoms with Crippen molar-refractivity contribution in [2.24, 2.45) is 0 Å². The van der Waals surface area contributed by atoms with E-state index in [0.717, 1.165) is 23.8 Å². The lowest BCUT2D eigenvalue weighted by Crippen LogP contribution is -2.23. The number of hydrogen-bond acceptors (Lipinski definition) is 8. The third-order valence-corrected chi connectivity index (χ3v) is 6.25. The summed E-state index contributed by atoms with van der Waals surface area (Å²) in [6.07, 6.45) is 0. The van der Waals surface area contributed by atoms with Crippen molar-refractivity contribution in [2.45, 2.75) is 11.4 Å². The van der Waals surface area contributed by atoms with Crippen LogP contribution < -0.4 is 14.2 Å². The molecular weight excluding hydrogens is 462 g/mol. The molecule has 0 saturated heterocycles. The molecule has 0 spiro atoms. The highest BCUT2D eigenvalue weighted by atomic mass is 32.2. The Hall–Kier alpha value is -3.89. The second-order valence-electron chi connectivity index (χ2n) is 7.05. The molecule has 3 aromatic rings. The highest BCUT2D eigenvalue weighted by Gasteiger charge is 2.22. The average molecular weight is 486 g/mol. The number of esters is 1. The Balaban J connectivity index is 1.73. The summed E-state index contributed by atoms with van der Waals surface area (Å²) in [5.41, 5.74) is 0.490. The van der Waals surface area contributed by atoms with Crippen LogP contribution in [0.25, 0.3) is 0 Å². The predicted octanol–water partition coefficient (Wildman–Crippen LogP) is 2.93. The molecule has 3 aromatic carbocycles. The van der Waals surface area contributed by atoms with Crippen LogP contribution in [-0.4, -0.2) is 46.1 Å². The summed E-state index contributed by atoms with van der Waals surface area (Å²) in [5.74, 6) is -1.44. The minimum Gasteiger partial charge on any atom is -0.507 e. The summed E-state index contributed by atoms with van der Waals surface area (Å²) in [4.78, 5) is 24.9. The van der Waals surface area contributed by atoms with E-state index in [9.17, 15) is 23.1 Å². The third kappa shape index (κ3) is 5.91. The molecule has 0 radical (unpaired) electrons. The maximum atomic E-state index is 12.6. The Bertz CT molecular complexity index is 1290. The maximum Gasteiger partial charge on any atom is 0.342 e. The van der Waals surface area contributed by atoms with Crippen LogP contribution in [0.15, 0.2) is 71.6 Å². The highest BCUT2D eigenvalue weighted by molar-refractivity contribution is 7.89. The fraction of sp³-hybridized carbons (Fsp3) is 0.167. The number of benzene rings is 3. The van der Waals surface area contributed by atoms with Gasteiger partial charge in [-0.3, -0.25) is 4.79 Å². The largest absolute Gasteiger partial charge is 0.507 e. The first-order valence-electron chi connectivity index (χ1n) is 10.0. The van der Waals surface area contributed by atoms with Gasteiger partial charge in [0.1, 0.15) is 22.8 Å². The molecule has 34 heavy (non-hydrogen) atoms. The van der Waals surface area contributed by atoms with Gasteiger partial charge in [-0.05, 0) is 42.0 Å². The molecule has 0 saturated carbocycles. The van der Waals surface area contributed by atoms with Gasteiger partial charge in [0.25, 0.3) is 0 Å². The lowest BCUT2D eigenvalue weighted by Gasteiger charge is -2.11. The lowest BCUT2D eigenvalue weighted by molar-refractivity contribution is 0.0470. The van der Waals surface area contributed by atoms with Crippen molar-refractivity contribution in [2.75, 3.05) is 20.8 Å². The maximum absolute atomic E-state index is 12.6. The quantitative estimate of drug-likeness (QED) is 0.331. The van der Waals surface area contributed by atoms with Gasteiger partial charge in [-0.25, -0.2) is 17.9 Å². The molecule has 0 aliphatic heterocycles. The molecule has 0 atom stereocenters. The van der Waals surface area contributed by atoms with Crippen LogP contribution in [0.3, 0.4) is 0 Å². The number of sulfonamides is 1. The topological polar surface area (TPSA) is 128 Å². The van der Waals surface area contributed by atoms with Gasteiger partial charge in [0, 0.05) is 6.54 Å². The fourth-order valence-corrected chi connectivity index (χ4v) is 4.07. The zero-order chi connectivity index (χ0) is 24.7. The number of aromatic hydroxyl groups is 1. The Morgan fingerprint density at radius 1 is 0.912 bits per heavy atom. The molecule has 9 nitrogen and oxygen atoms in total. The second-order valence-corrected chi connectivity index (χ2v) is 8.82. The zero-order valence-corrected chi connectivity index (χ0v) is 19.3. The van der Waals surface area contributed by atoms with Crippen molar-refractivity contribution in [3.05, 3.63) is 83.4 Å². The molecule has 0 bridgehead atoms. The molecule has 0 aliphatic carbocycles. The monoisotopic (exact) mass is 485 g/mol. The van der Waals surface area contributed by atoms with Gasteiger partial charge in [-0.1, -0.05) is 30.3 Å². The van der Waals surface area contributed by atoms with Crippen molar-refractivity contribution in [3.8, 4) is 17.2 Å². The Morgan fingerprint density at radius 3 is 2.32 bits per heavy atom. The molecule has 0 amide bonds. The zero-order valence-electron chi connectivity index (χ0n) is 18.5. The number of carbonyl (C=O) groups is 2. The van der Waals surface area contributed by atoms with Crippen molar-refractivity contribution in [1.82, 2.24) is 4.72 Å². The number of ether oxygens (including phenoxy) is 3. The number of carbonyl (C=O) groups excluding carboxylic acids is 2. The number of phenols is 1. The van der Waals surface area contributed by atoms with Gasteiger partial charge < -0.3 is 19.3 Å². The van der Waals surface area contributed by atoms with Crippen molar-refractivity contribution in [1.29, 1.82) is 0 Å². The first kappa shape index (κ1) is 24.7. The van der Waals surface area contributed by atoms with Crippen molar-refractivity contribution in [3.63, 3.8) is 0 Å². The van der Waals surface area contributed by atoms with Crippen LogP contribution in [0, 0.1) is 0 Å². The first-order chi connectivity index (χ1) is 16.2. The third-order valence-electron chi connectivity index (χ3n) is 4.85. The fourth-order valence-electron chi connectivity index (χ4n) is 3.02. The Kier molecular flexibility index (Phi) is 7.87. The van der Waals surface area contributed by atoms with E-state index in [4.69, 9.17) is 14.2 Å². The number of Topliss-reactive ketones (excluding diaryl/α,β-unsaturated/α-hetero) is 1. The van der Waals surface area contributed by atoms with Gasteiger partial charge in [-0.15, -0.1) is 0 Å². The van der Waals surface area contributed by atoms with Crippen LogP contribution in [0.2, 0.25) is 0 Å². The average Bonchev–Trinajstić information content (AvgIpc) is 2.86. The standard InChI is InChI=1S/C24H23NO8S/c1-31-17-8-11-23(32-2)19(12-17)22(27)15-33-24(28)20-13-18(9-10-21(20)26)34(29,30)25-14-16-6-4-3-5-7-16/h3-13,25-26H,14-15H2,1-2H3. The molecule has 0 aliphatic rings. The smallest absolute Gasteiger partial charge is 0.342 e. The minimum atomic E-state index is -3.99. The summed E-state index contributed by atoms with van der Waals surface area (Å²) < 4.78 is 43.0. The van der Waals surface area contributed by atoms with Gasteiger partial charge in [0.05, 0.1) is 24.7 Å². The molecule has 2 N–H and O–H groups in total. The molecule has 178 valence electrons. The highest BCUT2D eigenvalue weighted by Crippen LogP contribution is 2.25. The van der Waals surface area contributed by atoms with Crippen LogP contribution in [0.5, 0.6) is 17.2 Å². The normalized spacial score (nSPS) is 11.0. The molecule has 10 heteroatoms. The van der Waals surface area contributed by atoms with Gasteiger partial charge in [0.15, 0.2) is 6.61 Å². The Labute approximate surface area is 197 Å².